The number of H-pyrrole nitrogens is 1. The van der Waals surface area contributed by atoms with Gasteiger partial charge in [-0.1, -0.05) is 108 Å². The van der Waals surface area contributed by atoms with E-state index in [9.17, 15) is 39.9 Å². The number of phenols is 1. The number of nitrogens with zero attached hydrogens (tertiary/aromatic N) is 6. The molecule has 0 atom stereocenters. The number of esters is 1. The first-order valence-electron chi connectivity index (χ1n) is 30.3. The Balaban J connectivity index is 0.000000176. The molecule has 3 aromatic heterocycles. The zero-order valence-corrected chi connectivity index (χ0v) is 59.2. The zero-order chi connectivity index (χ0) is 72.0. The van der Waals surface area contributed by atoms with Gasteiger partial charge in [0.25, 0.3) is 35.9 Å². The fraction of sp³-hybridized carbons (Fsp3) is 0.171. The molecule has 10 N–H and O–H groups in total. The van der Waals surface area contributed by atoms with Gasteiger partial charge in [0, 0.05) is 83.2 Å². The van der Waals surface area contributed by atoms with Crippen LogP contribution in [0.1, 0.15) is 45.2 Å². The summed E-state index contributed by atoms with van der Waals surface area (Å²) >= 11 is 3.36. The number of aromatic hydroxyl groups is 1. The number of aromatic amines is 1. The molecule has 99 heavy (non-hydrogen) atoms. The average molecular weight is 1470 g/mol. The number of sulfonamides is 3. The summed E-state index contributed by atoms with van der Waals surface area (Å²) in [6.07, 6.45) is 3.81. The van der Waals surface area contributed by atoms with Gasteiger partial charge in [-0.15, -0.1) is 0 Å². The third-order valence-electron chi connectivity index (χ3n) is 14.0. The van der Waals surface area contributed by atoms with Crippen molar-refractivity contribution in [1.82, 2.24) is 34.8 Å². The Bertz CT molecular complexity index is 4950. The number of fused-ring (bicyclic) bond motifs is 2. The average Bonchev–Trinajstić information content (AvgIpc) is 0.962. The molecule has 0 saturated carbocycles. The number of nitrogen functional groups attached to an aromatic ring is 2. The van der Waals surface area contributed by atoms with Gasteiger partial charge in [-0.3, -0.25) is 14.2 Å². The normalized spacial score (nSPS) is 10.9. The molecule has 29 heteroatoms. The van der Waals surface area contributed by atoms with Crippen molar-refractivity contribution in [2.45, 2.75) is 55.7 Å². The number of carbonyl (C=O) groups excluding carboxylic acids is 2. The fourth-order valence-corrected chi connectivity index (χ4v) is 12.3. The van der Waals surface area contributed by atoms with Crippen molar-refractivity contribution in [3.63, 3.8) is 0 Å². The van der Waals surface area contributed by atoms with E-state index >= 15 is 0 Å². The number of nitriles is 1. The van der Waals surface area contributed by atoms with E-state index in [1.807, 2.05) is 109 Å². The lowest BCUT2D eigenvalue weighted by Gasteiger charge is -2.22. The molecule has 3 heterocycles. The number of nitrogens with two attached hydrogens (primary N) is 2. The minimum Gasteiger partial charge on any atom is -0.506 e. The highest BCUT2D eigenvalue weighted by Gasteiger charge is 2.21. The second kappa shape index (κ2) is 34.7. The van der Waals surface area contributed by atoms with E-state index < -0.39 is 36.1 Å². The van der Waals surface area contributed by atoms with Gasteiger partial charge in [-0.05, 0) is 141 Å². The number of ether oxygens (including phenoxy) is 3. The van der Waals surface area contributed by atoms with Crippen LogP contribution in [-0.2, 0) is 41.9 Å². The molecule has 0 aliphatic carbocycles. The molecule has 0 radical (unpaired) electrons. The smallest absolute Gasteiger partial charge is 0.328 e. The molecular weight excluding hydrogens is 1390 g/mol. The Morgan fingerprint density at radius 3 is 1.94 bits per heavy atom. The quantitative estimate of drug-likeness (QED) is 0.0292. The van der Waals surface area contributed by atoms with E-state index in [2.05, 4.69) is 88.0 Å². The Hall–Kier alpha value is -11.2. The van der Waals surface area contributed by atoms with Gasteiger partial charge in [0.1, 0.15) is 11.6 Å². The first kappa shape index (κ1) is 75.2. The molecule has 11 aromatic rings. The molecule has 516 valence electrons. The number of aryl methyl sites for hydroxylation is 2. The number of hydrogen-bond acceptors (Lipinski definition) is 19. The third-order valence-corrected chi connectivity index (χ3v) is 18.6. The number of nitrogens with one attached hydrogen (secondary N) is 5. The first-order valence-corrected chi connectivity index (χ1v) is 35.5. The number of urea groups is 1. The van der Waals surface area contributed by atoms with Gasteiger partial charge < -0.3 is 46.0 Å². The molecule has 0 fully saturated rings. The second-order valence-corrected chi connectivity index (χ2v) is 27.9. The van der Waals surface area contributed by atoms with Gasteiger partial charge in [0.15, 0.2) is 11.5 Å². The van der Waals surface area contributed by atoms with E-state index in [-0.39, 0.29) is 32.5 Å². The Kier molecular flexibility index (Phi) is 26.3. The zero-order valence-electron chi connectivity index (χ0n) is 55.1. The number of amides is 2. The van der Waals surface area contributed by atoms with Crippen LogP contribution in [0.5, 0.6) is 23.1 Å². The number of phenolic OH excluding ortho intramolecular Hbond substituents is 1. The molecule has 25 nitrogen and oxygen atoms in total. The lowest BCUT2D eigenvalue weighted by atomic mass is 10.1. The first-order chi connectivity index (χ1) is 47.1. The summed E-state index contributed by atoms with van der Waals surface area (Å²) in [7, 11) is -6.35. The Morgan fingerprint density at radius 1 is 0.747 bits per heavy atom. The number of carbonyl (C=O) groups is 2. The van der Waals surface area contributed by atoms with Crippen LogP contribution in [0.3, 0.4) is 0 Å². The number of halogens is 1. The molecule has 0 aliphatic rings. The summed E-state index contributed by atoms with van der Waals surface area (Å²) in [5, 5.41) is 28.9. The molecule has 2 amide bonds. The molecule has 11 rings (SSSR count). The van der Waals surface area contributed by atoms with E-state index in [4.69, 9.17) is 30.9 Å². The van der Waals surface area contributed by atoms with Gasteiger partial charge >= 0.3 is 12.0 Å². The molecule has 8 aromatic carbocycles. The van der Waals surface area contributed by atoms with Gasteiger partial charge in [0.05, 0.1) is 57.6 Å². The predicted octanol–water partition coefficient (Wildman–Crippen LogP) is 12.8. The highest BCUT2D eigenvalue weighted by atomic mass is 79.9. The van der Waals surface area contributed by atoms with Crippen molar-refractivity contribution in [2.24, 2.45) is 13.0 Å². The van der Waals surface area contributed by atoms with Crippen molar-refractivity contribution in [2.75, 3.05) is 53.1 Å². The number of methoxy groups -OCH3 is 1. The highest BCUT2D eigenvalue weighted by molar-refractivity contribution is 9.10. The van der Waals surface area contributed by atoms with E-state index in [0.717, 1.165) is 49.5 Å². The summed E-state index contributed by atoms with van der Waals surface area (Å²) in [5.74, 6) is 1.71. The van der Waals surface area contributed by atoms with Crippen molar-refractivity contribution >= 4 is 114 Å². The molecule has 0 saturated heterocycles. The predicted molar refractivity (Wildman–Crippen MR) is 388 cm³/mol. The van der Waals surface area contributed by atoms with E-state index in [1.54, 1.807) is 32.3 Å². The lowest BCUT2D eigenvalue weighted by Crippen LogP contribution is -2.40. The minimum atomic E-state index is -3.84. The van der Waals surface area contributed by atoms with Gasteiger partial charge in [-0.2, -0.15) is 15.3 Å². The topological polar surface area (TPSA) is 371 Å². The summed E-state index contributed by atoms with van der Waals surface area (Å²) in [4.78, 5) is 35.3. The van der Waals surface area contributed by atoms with E-state index in [0.29, 0.717) is 64.8 Å². The Labute approximate surface area is 583 Å². The molecular formula is C70H74BrN13O12S3. The van der Waals surface area contributed by atoms with Crippen LogP contribution in [0.25, 0.3) is 32.9 Å². The van der Waals surface area contributed by atoms with Crippen LogP contribution in [0, 0.1) is 24.2 Å². The van der Waals surface area contributed by atoms with Crippen molar-refractivity contribution in [3.05, 3.63) is 216 Å². The summed E-state index contributed by atoms with van der Waals surface area (Å²) in [5.41, 5.74) is 18.0. The minimum absolute atomic E-state index is 0.000657. The molecule has 0 unspecified atom stereocenters. The summed E-state index contributed by atoms with van der Waals surface area (Å²) in [6.45, 7) is 10.1. The molecule has 0 bridgehead atoms. The number of aromatic nitrogens is 5. The second-order valence-electron chi connectivity index (χ2n) is 21.9. The van der Waals surface area contributed by atoms with Gasteiger partial charge in [-0.25, -0.2) is 44.5 Å². The maximum Gasteiger partial charge on any atom is 0.328 e. The van der Waals surface area contributed by atoms with Crippen LogP contribution in [0.2, 0.25) is 0 Å². The fourth-order valence-electron chi connectivity index (χ4n) is 8.99. The van der Waals surface area contributed by atoms with Gasteiger partial charge in [0.2, 0.25) is 5.95 Å². The van der Waals surface area contributed by atoms with Crippen LogP contribution >= 0.6 is 15.9 Å². The number of benzene rings is 8. The van der Waals surface area contributed by atoms with Crippen molar-refractivity contribution in [3.8, 4) is 40.5 Å². The molecule has 0 spiro atoms. The number of anilines is 6. The molecule has 0 aliphatic heterocycles. The highest BCUT2D eigenvalue weighted by Crippen LogP contribution is 2.39. The maximum absolute atomic E-state index is 12.5. The Morgan fingerprint density at radius 2 is 1.34 bits per heavy atom. The summed E-state index contributed by atoms with van der Waals surface area (Å²) in [6, 6.07) is 55.4. The number of hydrogen-bond donors (Lipinski definition) is 8. The van der Waals surface area contributed by atoms with Crippen LogP contribution in [0.4, 0.5) is 39.3 Å². The standard InChI is InChI=1S/C18H17NO.C17H14N4O2S.C13H16N4O4S.C12H19N3O3S.C10H8BrNO2/c1-13-7-10-15(11-8-13)19(2)18-16-6-4-3-5-14(16)9-12-17(18)20;1-21-17(11-16(19-21)14-5-3-2-4-6-14)20-24(22,23)15-9-7-13(12-18)8-10-15;1-3-21-11-8-15-13(16-12(11)20-2)17-22(18,19)10-6-4-9(14)5-7-10;1-9(2)7-8-14-12(16)15-19(17,18)11-5-3-10(13)4-6-11;1-6(13)14-10-5-12-9-3-2-7(11)4-8(9)10/h3-12,20H,1-2H3;2-11,20H,1H3;4-8H,3,14H2,1-2H3,(H,15,16,17);3-6,9H,7-8,13H2,1-2H3,(H2,14,15,16);2-5,12H,1H3. The van der Waals surface area contributed by atoms with Crippen LogP contribution in [-0.4, -0.2) is 94.4 Å². The monoisotopic (exact) mass is 1460 g/mol. The van der Waals surface area contributed by atoms with E-state index in [1.165, 1.54) is 103 Å². The number of rotatable bonds is 18. The largest absolute Gasteiger partial charge is 0.506 e. The third kappa shape index (κ3) is 21.7. The van der Waals surface area contributed by atoms with Crippen LogP contribution < -0.4 is 50.1 Å². The lowest BCUT2D eigenvalue weighted by molar-refractivity contribution is -0.131. The SMILES string of the molecule is CC(=O)Oc1c[nH]c2ccc(Br)cc12.CC(C)CCNC(=O)NS(=O)(=O)c1ccc(N)cc1.CCOc1cnc(NS(=O)(=O)c2ccc(N)cc2)nc1OC.Cc1ccc(N(C)c2c(O)ccc3ccccc23)cc1.Cn1nc(-c2ccccc2)cc1NS(=O)(=O)c1ccc(C#N)cc1. The van der Waals surface area contributed by atoms with Crippen molar-refractivity contribution < 1.29 is 54.2 Å². The van der Waals surface area contributed by atoms with Crippen LogP contribution in [0.15, 0.2) is 220 Å². The summed E-state index contributed by atoms with van der Waals surface area (Å²) < 4.78 is 97.6. The van der Waals surface area contributed by atoms with Crippen molar-refractivity contribution in [1.29, 1.82) is 5.26 Å². The maximum atomic E-state index is 12.5.